The summed E-state index contributed by atoms with van der Waals surface area (Å²) in [7, 11) is -3.01. The minimum absolute atomic E-state index is 0.266. The lowest BCUT2D eigenvalue weighted by atomic mass is 10.0. The normalized spacial score (nSPS) is 16.7. The Bertz CT molecular complexity index is 670. The first-order valence-corrected chi connectivity index (χ1v) is 18.8. The zero-order valence-electron chi connectivity index (χ0n) is 22.7. The number of aliphatic hydroxyl groups is 5. The van der Waals surface area contributed by atoms with Crippen LogP contribution >= 0.6 is 22.1 Å². The van der Waals surface area contributed by atoms with Crippen LogP contribution in [-0.4, -0.2) is 113 Å². The van der Waals surface area contributed by atoms with Gasteiger partial charge in [-0.1, -0.05) is 6.58 Å². The van der Waals surface area contributed by atoms with E-state index in [0.717, 1.165) is 29.7 Å². The first-order valence-electron chi connectivity index (χ1n) is 12.2. The molecule has 0 spiro atoms. The molecule has 0 aliphatic carbocycles. The van der Waals surface area contributed by atoms with Crippen molar-refractivity contribution in [2.75, 3.05) is 43.7 Å². The van der Waals surface area contributed by atoms with Gasteiger partial charge in [0, 0.05) is 18.7 Å². The highest BCUT2D eigenvalue weighted by molar-refractivity contribution is 8.33. The average Bonchev–Trinajstić information content (AvgIpc) is 2.80. The molecule has 13 heteroatoms. The number of carbonyl (C=O) groups excluding carboxylic acids is 1. The third-order valence-corrected chi connectivity index (χ3v) is 13.6. The van der Waals surface area contributed by atoms with Gasteiger partial charge in [0.05, 0.1) is 12.4 Å². The molecule has 36 heavy (non-hydrogen) atoms. The SMILES string of the molecule is C=C(CCSOC(C)(C)S(C)(C)CCCNC(=O)C(O)C(O)C(O)C(O)CO)O[Si](C)(C)CCCN. The van der Waals surface area contributed by atoms with E-state index < -0.39 is 55.3 Å². The quantitative estimate of drug-likeness (QED) is 0.0478. The molecule has 0 aromatic rings. The molecule has 0 heterocycles. The summed E-state index contributed by atoms with van der Waals surface area (Å²) in [5.74, 6) is 1.45. The molecule has 0 aliphatic heterocycles. The largest absolute Gasteiger partial charge is 0.548 e. The van der Waals surface area contributed by atoms with Gasteiger partial charge in [-0.3, -0.25) is 4.79 Å². The molecule has 0 rings (SSSR count). The van der Waals surface area contributed by atoms with Crippen molar-refractivity contribution in [2.45, 2.75) is 81.6 Å². The van der Waals surface area contributed by atoms with Gasteiger partial charge in [-0.25, -0.2) is 10.0 Å². The summed E-state index contributed by atoms with van der Waals surface area (Å²) < 4.78 is 12.3. The summed E-state index contributed by atoms with van der Waals surface area (Å²) in [6, 6.07) is 1.01. The number of hydrogen-bond donors (Lipinski definition) is 7. The lowest BCUT2D eigenvalue weighted by Crippen LogP contribution is -2.51. The average molecular weight is 575 g/mol. The highest BCUT2D eigenvalue weighted by Gasteiger charge is 2.35. The number of hydrogen-bond acceptors (Lipinski definition) is 10. The third-order valence-electron chi connectivity index (χ3n) is 6.11. The molecule has 0 aromatic heterocycles. The van der Waals surface area contributed by atoms with Gasteiger partial charge in [-0.15, -0.1) is 0 Å². The maximum absolute atomic E-state index is 12.1. The number of amides is 1. The van der Waals surface area contributed by atoms with E-state index in [2.05, 4.69) is 51.3 Å². The van der Waals surface area contributed by atoms with E-state index in [4.69, 9.17) is 19.4 Å². The first kappa shape index (κ1) is 35.6. The number of nitrogens with one attached hydrogen (secondary N) is 1. The molecule has 0 saturated carbocycles. The van der Waals surface area contributed by atoms with Crippen molar-refractivity contribution in [2.24, 2.45) is 5.73 Å². The number of nitrogens with two attached hydrogens (primary N) is 1. The molecule has 0 fully saturated rings. The van der Waals surface area contributed by atoms with E-state index in [1.807, 2.05) is 0 Å². The van der Waals surface area contributed by atoms with E-state index in [0.29, 0.717) is 19.4 Å². The van der Waals surface area contributed by atoms with Crippen LogP contribution in [0.1, 0.15) is 33.1 Å². The monoisotopic (exact) mass is 574 g/mol. The Kier molecular flexibility index (Phi) is 16.4. The Balaban J connectivity index is 4.44. The predicted molar refractivity (Wildman–Crippen MR) is 151 cm³/mol. The topological polar surface area (TPSA) is 175 Å². The van der Waals surface area contributed by atoms with Gasteiger partial charge >= 0.3 is 0 Å². The highest BCUT2D eigenvalue weighted by Crippen LogP contribution is 2.55. The Morgan fingerprint density at radius 2 is 1.78 bits per heavy atom. The smallest absolute Gasteiger partial charge is 0.251 e. The number of allylic oxidation sites excluding steroid dienone is 1. The molecule has 216 valence electrons. The lowest BCUT2D eigenvalue weighted by molar-refractivity contribution is -0.148. The Morgan fingerprint density at radius 1 is 1.17 bits per heavy atom. The van der Waals surface area contributed by atoms with Gasteiger partial charge in [0.1, 0.15) is 23.2 Å². The fraction of sp³-hybridized carbons (Fsp3) is 0.870. The van der Waals surface area contributed by atoms with Crippen molar-refractivity contribution in [3.8, 4) is 0 Å². The second-order valence-electron chi connectivity index (χ2n) is 10.4. The molecule has 10 nitrogen and oxygen atoms in total. The fourth-order valence-corrected chi connectivity index (χ4v) is 8.08. The second kappa shape index (κ2) is 16.6. The molecule has 0 saturated heterocycles. The van der Waals surface area contributed by atoms with E-state index in [1.165, 1.54) is 12.0 Å². The van der Waals surface area contributed by atoms with Crippen molar-refractivity contribution in [1.29, 1.82) is 0 Å². The fourth-order valence-electron chi connectivity index (χ4n) is 3.12. The van der Waals surface area contributed by atoms with Gasteiger partial charge in [0.2, 0.25) is 8.32 Å². The molecule has 0 radical (unpaired) electrons. The van der Waals surface area contributed by atoms with Crippen molar-refractivity contribution in [3.05, 3.63) is 12.3 Å². The first-order chi connectivity index (χ1) is 16.5. The van der Waals surface area contributed by atoms with Crippen molar-refractivity contribution in [1.82, 2.24) is 5.32 Å². The minimum Gasteiger partial charge on any atom is -0.548 e. The van der Waals surface area contributed by atoms with Crippen molar-refractivity contribution in [3.63, 3.8) is 0 Å². The van der Waals surface area contributed by atoms with Crippen LogP contribution in [0.3, 0.4) is 0 Å². The van der Waals surface area contributed by atoms with Crippen LogP contribution in [0.2, 0.25) is 19.1 Å². The van der Waals surface area contributed by atoms with Gasteiger partial charge in [-0.05, 0) is 82.7 Å². The van der Waals surface area contributed by atoms with Gasteiger partial charge in [0.15, 0.2) is 6.10 Å². The molecular formula is C23H50N2O8S2Si. The number of carbonyl (C=O) groups is 1. The number of aliphatic hydroxyl groups excluding tert-OH is 5. The van der Waals surface area contributed by atoms with E-state index in [-0.39, 0.29) is 11.5 Å². The van der Waals surface area contributed by atoms with Crippen LogP contribution in [0.5, 0.6) is 0 Å². The Hall–Kier alpha value is -0.353. The number of rotatable bonds is 20. The van der Waals surface area contributed by atoms with Crippen LogP contribution in [0.15, 0.2) is 12.3 Å². The van der Waals surface area contributed by atoms with E-state index >= 15 is 0 Å². The molecular weight excluding hydrogens is 524 g/mol. The molecule has 1 amide bonds. The molecule has 0 bridgehead atoms. The molecule has 4 atom stereocenters. The van der Waals surface area contributed by atoms with Crippen LogP contribution in [0.4, 0.5) is 0 Å². The minimum atomic E-state index is -1.93. The lowest BCUT2D eigenvalue weighted by Gasteiger charge is -2.45. The molecule has 8 N–H and O–H groups in total. The van der Waals surface area contributed by atoms with Crippen molar-refractivity contribution >= 4 is 36.3 Å². The maximum atomic E-state index is 12.1. The van der Waals surface area contributed by atoms with Crippen LogP contribution in [-0.2, 0) is 13.4 Å². The zero-order valence-corrected chi connectivity index (χ0v) is 25.4. The Morgan fingerprint density at radius 3 is 2.33 bits per heavy atom. The maximum Gasteiger partial charge on any atom is 0.251 e. The summed E-state index contributed by atoms with van der Waals surface area (Å²) in [6.45, 7) is 12.6. The van der Waals surface area contributed by atoms with E-state index in [1.54, 1.807) is 0 Å². The van der Waals surface area contributed by atoms with Crippen LogP contribution in [0, 0.1) is 0 Å². The third kappa shape index (κ3) is 12.9. The standard InChI is InChI=1S/C23H50N2O8S2Si/c1-17(32-36(6,7)15-8-11-24)10-13-34-33-23(2,3)35(4,5)14-9-12-25-22(31)21(30)20(29)19(28)18(27)16-26/h18-21,26-30H,1,8-16,24H2,2-7H3,(H,25,31). The van der Waals surface area contributed by atoms with Crippen LogP contribution < -0.4 is 11.1 Å². The summed E-state index contributed by atoms with van der Waals surface area (Å²) in [5.41, 5.74) is 5.60. The Labute approximate surface area is 223 Å². The zero-order chi connectivity index (χ0) is 28.2. The summed E-state index contributed by atoms with van der Waals surface area (Å²) in [6.07, 6.45) is -0.730. The predicted octanol–water partition coefficient (Wildman–Crippen LogP) is 0.868. The molecule has 4 unspecified atom stereocenters. The highest BCUT2D eigenvalue weighted by atomic mass is 32.3. The van der Waals surface area contributed by atoms with Gasteiger partial charge in [0.25, 0.3) is 5.91 Å². The molecule has 0 aliphatic rings. The van der Waals surface area contributed by atoms with Crippen molar-refractivity contribution < 1.29 is 38.9 Å². The summed E-state index contributed by atoms with van der Waals surface area (Å²) in [4.78, 5) is 11.7. The molecule has 0 aromatic carbocycles. The summed E-state index contributed by atoms with van der Waals surface area (Å²) in [5, 5.41) is 50.1. The van der Waals surface area contributed by atoms with Crippen LogP contribution in [0.25, 0.3) is 0 Å². The summed E-state index contributed by atoms with van der Waals surface area (Å²) >= 11 is 1.40. The van der Waals surface area contributed by atoms with E-state index in [9.17, 15) is 25.2 Å². The second-order valence-corrected chi connectivity index (χ2v) is 19.9. The van der Waals surface area contributed by atoms with Gasteiger partial charge < -0.3 is 45.2 Å². The van der Waals surface area contributed by atoms with Gasteiger partial charge in [-0.2, -0.15) is 0 Å².